The third-order valence-corrected chi connectivity index (χ3v) is 4.93. The van der Waals surface area contributed by atoms with Crippen molar-refractivity contribution >= 4 is 45.8 Å². The Morgan fingerprint density at radius 2 is 1.84 bits per heavy atom. The molecule has 4 heteroatoms. The fourth-order valence-electron chi connectivity index (χ4n) is 2.05. The van der Waals surface area contributed by atoms with Crippen molar-refractivity contribution in [2.45, 2.75) is 12.5 Å². The topological polar surface area (TPSA) is 12.0 Å². The van der Waals surface area contributed by atoms with Crippen LogP contribution in [0.2, 0.25) is 10.0 Å². The lowest BCUT2D eigenvalue weighted by Gasteiger charge is -2.19. The maximum absolute atomic E-state index is 6.26. The van der Waals surface area contributed by atoms with Crippen LogP contribution in [0.25, 0.3) is 0 Å². The molecule has 100 valence electrons. The minimum Gasteiger partial charge on any atom is -0.313 e. The Morgan fingerprint density at radius 3 is 2.53 bits per heavy atom. The maximum Gasteiger partial charge on any atom is 0.0624 e. The molecule has 0 saturated carbocycles. The Morgan fingerprint density at radius 1 is 1.11 bits per heavy atom. The number of hydrogen-bond donors (Lipinski definition) is 1. The van der Waals surface area contributed by atoms with Crippen LogP contribution in [-0.4, -0.2) is 7.05 Å². The number of halogens is 3. The van der Waals surface area contributed by atoms with Crippen LogP contribution in [0.5, 0.6) is 0 Å². The van der Waals surface area contributed by atoms with Gasteiger partial charge in [0.1, 0.15) is 0 Å². The molecule has 2 rings (SSSR count). The van der Waals surface area contributed by atoms with E-state index in [0.29, 0.717) is 10.0 Å². The molecule has 0 radical (unpaired) electrons. The first-order chi connectivity index (χ1) is 9.13. The van der Waals surface area contributed by atoms with Gasteiger partial charge in [0, 0.05) is 9.61 Å². The van der Waals surface area contributed by atoms with Gasteiger partial charge in [-0.05, 0) is 59.3 Å². The average Bonchev–Trinajstić information content (AvgIpc) is 2.41. The van der Waals surface area contributed by atoms with Crippen LogP contribution in [-0.2, 0) is 6.42 Å². The molecular weight excluding hydrogens is 392 g/mol. The molecule has 1 unspecified atom stereocenters. The maximum atomic E-state index is 6.26. The second-order valence-corrected chi connectivity index (χ2v) is 6.23. The van der Waals surface area contributed by atoms with Gasteiger partial charge in [0.15, 0.2) is 0 Å². The number of rotatable bonds is 4. The van der Waals surface area contributed by atoms with Crippen molar-refractivity contribution in [3.8, 4) is 0 Å². The summed E-state index contributed by atoms with van der Waals surface area (Å²) in [4.78, 5) is 0. The Hall–Kier alpha value is -0.290. The van der Waals surface area contributed by atoms with Crippen LogP contribution < -0.4 is 5.32 Å². The summed E-state index contributed by atoms with van der Waals surface area (Å²) in [6.07, 6.45) is 0.815. The second kappa shape index (κ2) is 6.93. The summed E-state index contributed by atoms with van der Waals surface area (Å²) in [5.74, 6) is 0. The van der Waals surface area contributed by atoms with E-state index in [0.717, 1.165) is 12.0 Å². The third kappa shape index (κ3) is 3.63. The molecule has 0 spiro atoms. The van der Waals surface area contributed by atoms with Gasteiger partial charge in [0.2, 0.25) is 0 Å². The van der Waals surface area contributed by atoms with E-state index in [9.17, 15) is 0 Å². The molecule has 2 aromatic rings. The highest BCUT2D eigenvalue weighted by atomic mass is 127. The fraction of sp³-hybridized carbons (Fsp3) is 0.200. The van der Waals surface area contributed by atoms with Crippen molar-refractivity contribution in [3.63, 3.8) is 0 Å². The van der Waals surface area contributed by atoms with Crippen molar-refractivity contribution < 1.29 is 0 Å². The number of nitrogens with one attached hydrogen (secondary N) is 1. The number of likely N-dealkylation sites (N-methyl/N-ethyl adjacent to an activating group) is 1. The molecule has 0 aliphatic heterocycles. The van der Waals surface area contributed by atoms with Crippen LogP contribution in [0.15, 0.2) is 42.5 Å². The molecule has 0 aromatic heterocycles. The predicted molar refractivity (Wildman–Crippen MR) is 91.1 cm³/mol. The van der Waals surface area contributed by atoms with E-state index in [1.165, 1.54) is 9.13 Å². The first kappa shape index (κ1) is 15.1. The molecule has 0 bridgehead atoms. The molecule has 1 nitrogen and oxygen atoms in total. The lowest BCUT2D eigenvalue weighted by atomic mass is 9.99. The molecule has 1 N–H and O–H groups in total. The quantitative estimate of drug-likeness (QED) is 0.697. The van der Waals surface area contributed by atoms with Crippen molar-refractivity contribution in [1.29, 1.82) is 0 Å². The van der Waals surface area contributed by atoms with Gasteiger partial charge in [0.05, 0.1) is 10.0 Å². The van der Waals surface area contributed by atoms with Crippen LogP contribution in [0, 0.1) is 3.57 Å². The molecule has 0 aliphatic carbocycles. The van der Waals surface area contributed by atoms with Gasteiger partial charge in [-0.1, -0.05) is 53.5 Å². The molecule has 0 amide bonds. The number of hydrogen-bond acceptors (Lipinski definition) is 1. The lowest BCUT2D eigenvalue weighted by Crippen LogP contribution is -2.20. The van der Waals surface area contributed by atoms with Crippen molar-refractivity contribution in [2.24, 2.45) is 0 Å². The summed E-state index contributed by atoms with van der Waals surface area (Å²) in [5, 5.41) is 4.60. The van der Waals surface area contributed by atoms with E-state index in [1.54, 1.807) is 0 Å². The molecule has 0 saturated heterocycles. The summed E-state index contributed by atoms with van der Waals surface area (Å²) in [6, 6.07) is 14.4. The highest BCUT2D eigenvalue weighted by Crippen LogP contribution is 2.30. The van der Waals surface area contributed by atoms with Crippen LogP contribution in [0.1, 0.15) is 17.2 Å². The van der Waals surface area contributed by atoms with Crippen LogP contribution >= 0.6 is 45.8 Å². The molecule has 1 atom stereocenters. The Labute approximate surface area is 137 Å². The van der Waals surface area contributed by atoms with Gasteiger partial charge in [-0.25, -0.2) is 0 Å². The molecule has 0 aliphatic rings. The average molecular weight is 406 g/mol. The zero-order valence-corrected chi connectivity index (χ0v) is 14.1. The molecular formula is C15H14Cl2IN. The van der Waals surface area contributed by atoms with Crippen LogP contribution in [0.3, 0.4) is 0 Å². The summed E-state index contributed by atoms with van der Waals surface area (Å²) < 4.78 is 1.25. The minimum absolute atomic E-state index is 0.226. The number of benzene rings is 2. The smallest absolute Gasteiger partial charge is 0.0624 e. The van der Waals surface area contributed by atoms with Crippen LogP contribution in [0.4, 0.5) is 0 Å². The summed E-state index contributed by atoms with van der Waals surface area (Å²) in [6.45, 7) is 0. The van der Waals surface area contributed by atoms with E-state index in [-0.39, 0.29) is 6.04 Å². The first-order valence-electron chi connectivity index (χ1n) is 5.98. The lowest BCUT2D eigenvalue weighted by molar-refractivity contribution is 0.589. The summed E-state index contributed by atoms with van der Waals surface area (Å²) in [7, 11) is 1.96. The van der Waals surface area contributed by atoms with Gasteiger partial charge in [-0.15, -0.1) is 0 Å². The third-order valence-electron chi connectivity index (χ3n) is 3.08. The Kier molecular flexibility index (Phi) is 5.51. The first-order valence-corrected chi connectivity index (χ1v) is 7.81. The van der Waals surface area contributed by atoms with Gasteiger partial charge in [-0.3, -0.25) is 0 Å². The SMILES string of the molecule is CNC(Cc1cccc(Cl)c1Cl)c1ccccc1I. The fourth-order valence-corrected chi connectivity index (χ4v) is 3.21. The normalized spacial score (nSPS) is 12.4. The van der Waals surface area contributed by atoms with Crippen molar-refractivity contribution in [3.05, 3.63) is 67.2 Å². The Bertz CT molecular complexity index is 572. The highest BCUT2D eigenvalue weighted by Gasteiger charge is 2.15. The zero-order valence-electron chi connectivity index (χ0n) is 10.5. The van der Waals surface area contributed by atoms with E-state index in [4.69, 9.17) is 23.2 Å². The van der Waals surface area contributed by atoms with Crippen molar-refractivity contribution in [2.75, 3.05) is 7.05 Å². The van der Waals surface area contributed by atoms with Gasteiger partial charge in [0.25, 0.3) is 0 Å². The van der Waals surface area contributed by atoms with Gasteiger partial charge < -0.3 is 5.32 Å². The van der Waals surface area contributed by atoms with E-state index in [1.807, 2.05) is 31.3 Å². The summed E-state index contributed by atoms with van der Waals surface area (Å²) >= 11 is 14.7. The second-order valence-electron chi connectivity index (χ2n) is 4.28. The predicted octanol–water partition coefficient (Wildman–Crippen LogP) is 5.10. The van der Waals surface area contributed by atoms with Gasteiger partial charge in [-0.2, -0.15) is 0 Å². The van der Waals surface area contributed by atoms with E-state index in [2.05, 4.69) is 46.1 Å². The molecule has 0 heterocycles. The monoisotopic (exact) mass is 405 g/mol. The zero-order chi connectivity index (χ0) is 13.8. The molecule has 0 fully saturated rings. The summed E-state index contributed by atoms with van der Waals surface area (Å²) in [5.41, 5.74) is 2.34. The Balaban J connectivity index is 2.30. The highest BCUT2D eigenvalue weighted by molar-refractivity contribution is 14.1. The van der Waals surface area contributed by atoms with Gasteiger partial charge >= 0.3 is 0 Å². The largest absolute Gasteiger partial charge is 0.313 e. The van der Waals surface area contributed by atoms with Crippen molar-refractivity contribution in [1.82, 2.24) is 5.32 Å². The minimum atomic E-state index is 0.226. The van der Waals surface area contributed by atoms with E-state index < -0.39 is 0 Å². The molecule has 19 heavy (non-hydrogen) atoms. The molecule has 2 aromatic carbocycles. The van der Waals surface area contributed by atoms with E-state index >= 15 is 0 Å². The standard InChI is InChI=1S/C15H14Cl2IN/c1-19-14(11-6-2-3-8-13(11)18)9-10-5-4-7-12(16)15(10)17/h2-8,14,19H,9H2,1H3.